The Kier molecular flexibility index (Phi) is 3.01. The van der Waals surface area contributed by atoms with E-state index in [-0.39, 0.29) is 22.7 Å². The van der Waals surface area contributed by atoms with Crippen LogP contribution in [0.15, 0.2) is 0 Å². The fourth-order valence-corrected chi connectivity index (χ4v) is 3.20. The van der Waals surface area contributed by atoms with Crippen LogP contribution in [0, 0.1) is 16.7 Å². The fourth-order valence-electron chi connectivity index (χ4n) is 3.20. The molecule has 0 saturated heterocycles. The number of amides is 1. The molecule has 0 aromatic heterocycles. The Bertz CT molecular complexity index is 300. The van der Waals surface area contributed by atoms with Gasteiger partial charge in [-0.1, -0.05) is 27.7 Å². The number of nitrogens with one attached hydrogen (secondary N) is 1. The van der Waals surface area contributed by atoms with Crippen molar-refractivity contribution in [2.24, 2.45) is 22.5 Å². The van der Waals surface area contributed by atoms with E-state index in [1.807, 2.05) is 0 Å². The van der Waals surface area contributed by atoms with Gasteiger partial charge in [-0.2, -0.15) is 0 Å². The lowest BCUT2D eigenvalue weighted by atomic mass is 9.86. The molecule has 0 bridgehead atoms. The Balaban J connectivity index is 1.87. The van der Waals surface area contributed by atoms with Crippen molar-refractivity contribution in [1.82, 2.24) is 5.32 Å². The van der Waals surface area contributed by atoms with Gasteiger partial charge in [0.15, 0.2) is 0 Å². The maximum Gasteiger partial charge on any atom is 0.223 e. The summed E-state index contributed by atoms with van der Waals surface area (Å²) in [7, 11) is 0. The molecule has 0 atom stereocenters. The fraction of sp³-hybridized carbons (Fsp3) is 0.929. The zero-order valence-corrected chi connectivity index (χ0v) is 11.5. The quantitative estimate of drug-likeness (QED) is 0.773. The van der Waals surface area contributed by atoms with E-state index in [0.717, 1.165) is 25.7 Å². The highest BCUT2D eigenvalue weighted by Crippen LogP contribution is 2.62. The molecule has 2 rings (SSSR count). The molecule has 0 spiro atoms. The first-order chi connectivity index (χ1) is 7.76. The molecule has 0 aromatic carbocycles. The summed E-state index contributed by atoms with van der Waals surface area (Å²) >= 11 is 0. The maximum atomic E-state index is 12.2. The molecule has 0 radical (unpaired) electrons. The second kappa shape index (κ2) is 3.98. The highest BCUT2D eigenvalue weighted by atomic mass is 16.2. The highest BCUT2D eigenvalue weighted by Gasteiger charge is 2.65. The molecule has 1 amide bonds. The van der Waals surface area contributed by atoms with Gasteiger partial charge >= 0.3 is 0 Å². The first-order valence-corrected chi connectivity index (χ1v) is 6.83. The number of carbonyl (C=O) groups excluding carboxylic acids is 1. The predicted octanol–water partition coefficient (Wildman–Crippen LogP) is 2.05. The van der Waals surface area contributed by atoms with Crippen molar-refractivity contribution in [3.63, 3.8) is 0 Å². The van der Waals surface area contributed by atoms with Crippen molar-refractivity contribution >= 4 is 5.91 Å². The molecule has 0 aliphatic heterocycles. The minimum atomic E-state index is 0.196. The van der Waals surface area contributed by atoms with Gasteiger partial charge in [-0.25, -0.2) is 0 Å². The number of carbonyl (C=O) groups is 1. The van der Waals surface area contributed by atoms with E-state index in [0.29, 0.717) is 12.1 Å². The normalized spacial score (nSPS) is 35.4. The van der Waals surface area contributed by atoms with Gasteiger partial charge in [0.05, 0.1) is 0 Å². The third-order valence-electron chi connectivity index (χ3n) is 5.45. The summed E-state index contributed by atoms with van der Waals surface area (Å²) in [5.41, 5.74) is 6.32. The van der Waals surface area contributed by atoms with Crippen molar-refractivity contribution in [3.05, 3.63) is 0 Å². The summed E-state index contributed by atoms with van der Waals surface area (Å²) in [6.45, 7) is 8.92. The summed E-state index contributed by atoms with van der Waals surface area (Å²) < 4.78 is 0. The largest absolute Gasteiger partial charge is 0.352 e. The lowest BCUT2D eigenvalue weighted by Gasteiger charge is -2.25. The van der Waals surface area contributed by atoms with E-state index >= 15 is 0 Å². The second-order valence-electron chi connectivity index (χ2n) is 7.00. The molecular weight excluding hydrogens is 212 g/mol. The zero-order valence-electron chi connectivity index (χ0n) is 11.5. The van der Waals surface area contributed by atoms with Crippen LogP contribution in [0.4, 0.5) is 0 Å². The van der Waals surface area contributed by atoms with Crippen LogP contribution in [0.5, 0.6) is 0 Å². The van der Waals surface area contributed by atoms with Crippen molar-refractivity contribution in [3.8, 4) is 0 Å². The Morgan fingerprint density at radius 1 is 1.06 bits per heavy atom. The van der Waals surface area contributed by atoms with Crippen molar-refractivity contribution in [2.45, 2.75) is 65.5 Å². The molecule has 0 unspecified atom stereocenters. The Morgan fingerprint density at radius 3 is 1.94 bits per heavy atom. The lowest BCUT2D eigenvalue weighted by Crippen LogP contribution is -2.38. The number of hydrogen-bond acceptors (Lipinski definition) is 2. The highest BCUT2D eigenvalue weighted by molar-refractivity contribution is 5.79. The summed E-state index contributed by atoms with van der Waals surface area (Å²) in [6.07, 6.45) is 3.91. The van der Waals surface area contributed by atoms with Crippen LogP contribution >= 0.6 is 0 Å². The van der Waals surface area contributed by atoms with Crippen molar-refractivity contribution in [1.29, 1.82) is 0 Å². The average Bonchev–Trinajstić information content (AvgIpc) is 2.62. The number of nitrogens with two attached hydrogens (primary N) is 1. The van der Waals surface area contributed by atoms with Gasteiger partial charge < -0.3 is 11.1 Å². The molecule has 98 valence electrons. The summed E-state index contributed by atoms with van der Waals surface area (Å²) in [5.74, 6) is 0.447. The van der Waals surface area contributed by atoms with Crippen LogP contribution in [0.1, 0.15) is 53.4 Å². The molecule has 2 fully saturated rings. The molecule has 17 heavy (non-hydrogen) atoms. The second-order valence-corrected chi connectivity index (χ2v) is 7.00. The maximum absolute atomic E-state index is 12.2. The topological polar surface area (TPSA) is 55.1 Å². The van der Waals surface area contributed by atoms with Crippen LogP contribution in [-0.2, 0) is 4.79 Å². The van der Waals surface area contributed by atoms with E-state index < -0.39 is 0 Å². The first-order valence-electron chi connectivity index (χ1n) is 6.83. The third kappa shape index (κ3) is 2.10. The molecule has 3 N–H and O–H groups in total. The average molecular weight is 238 g/mol. The molecule has 2 saturated carbocycles. The van der Waals surface area contributed by atoms with Gasteiger partial charge in [0.25, 0.3) is 0 Å². The minimum Gasteiger partial charge on any atom is -0.352 e. The predicted molar refractivity (Wildman–Crippen MR) is 69.4 cm³/mol. The molecule has 3 heteroatoms. The molecule has 0 aromatic rings. The summed E-state index contributed by atoms with van der Waals surface area (Å²) in [5, 5.41) is 3.24. The smallest absolute Gasteiger partial charge is 0.223 e. The van der Waals surface area contributed by atoms with E-state index in [9.17, 15) is 4.79 Å². The van der Waals surface area contributed by atoms with Crippen molar-refractivity contribution < 1.29 is 4.79 Å². The van der Waals surface area contributed by atoms with Crippen LogP contribution in [0.3, 0.4) is 0 Å². The van der Waals surface area contributed by atoms with Crippen molar-refractivity contribution in [2.75, 3.05) is 0 Å². The molecule has 2 aliphatic carbocycles. The zero-order chi connectivity index (χ0) is 12.8. The van der Waals surface area contributed by atoms with Crippen LogP contribution in [0.2, 0.25) is 0 Å². The summed E-state index contributed by atoms with van der Waals surface area (Å²) in [4.78, 5) is 12.2. The van der Waals surface area contributed by atoms with Gasteiger partial charge in [0.2, 0.25) is 5.91 Å². The van der Waals surface area contributed by atoms with Crippen LogP contribution in [0.25, 0.3) is 0 Å². The Hall–Kier alpha value is -0.570. The monoisotopic (exact) mass is 238 g/mol. The van der Waals surface area contributed by atoms with Gasteiger partial charge in [0.1, 0.15) is 0 Å². The lowest BCUT2D eigenvalue weighted by molar-refractivity contribution is -0.126. The first kappa shape index (κ1) is 12.9. The van der Waals surface area contributed by atoms with Gasteiger partial charge in [-0.3, -0.25) is 4.79 Å². The number of hydrogen-bond donors (Lipinski definition) is 2. The van der Waals surface area contributed by atoms with Crippen LogP contribution in [-0.4, -0.2) is 18.0 Å². The van der Waals surface area contributed by atoms with E-state index in [4.69, 9.17) is 5.73 Å². The number of rotatable bonds is 2. The van der Waals surface area contributed by atoms with E-state index in [1.54, 1.807) is 0 Å². The standard InChI is InChI=1S/C14H26N2O/c1-13(2)12(14(13,3)4)16-11(17)9-5-7-10(15)8-6-9/h9-10,12H,5-8,15H2,1-4H3,(H,16,17). The Morgan fingerprint density at radius 2 is 1.53 bits per heavy atom. The third-order valence-corrected chi connectivity index (χ3v) is 5.45. The SMILES string of the molecule is CC1(C)C(NC(=O)C2CCC(N)CC2)C1(C)C. The minimum absolute atomic E-state index is 0.196. The van der Waals surface area contributed by atoms with E-state index in [2.05, 4.69) is 33.0 Å². The van der Waals surface area contributed by atoms with Gasteiger partial charge in [-0.15, -0.1) is 0 Å². The summed E-state index contributed by atoms with van der Waals surface area (Å²) in [6, 6.07) is 0.644. The molecular formula is C14H26N2O. The van der Waals surface area contributed by atoms with E-state index in [1.165, 1.54) is 0 Å². The molecule has 3 nitrogen and oxygen atoms in total. The molecule has 2 aliphatic rings. The van der Waals surface area contributed by atoms with Gasteiger partial charge in [-0.05, 0) is 36.5 Å². The molecule has 0 heterocycles. The Labute approximate surface area is 105 Å². The van der Waals surface area contributed by atoms with Crippen LogP contribution < -0.4 is 11.1 Å². The van der Waals surface area contributed by atoms with Gasteiger partial charge in [0, 0.05) is 18.0 Å².